The maximum atomic E-state index is 13.0. The zero-order valence-electron chi connectivity index (χ0n) is 17.0. The number of hydrogen-bond donors (Lipinski definition) is 0. The molecule has 3 rings (SSSR count). The minimum absolute atomic E-state index is 0.0770. The van der Waals surface area contributed by atoms with Crippen LogP contribution in [0.15, 0.2) is 42.1 Å². The predicted molar refractivity (Wildman–Crippen MR) is 112 cm³/mol. The van der Waals surface area contributed by atoms with Crippen LogP contribution in [-0.2, 0) is 11.3 Å². The summed E-state index contributed by atoms with van der Waals surface area (Å²) in [7, 11) is 1.63. The summed E-state index contributed by atoms with van der Waals surface area (Å²) in [6, 6.07) is 3.99. The number of terminal acetylenes is 1. The van der Waals surface area contributed by atoms with Crippen molar-refractivity contribution in [3.8, 4) is 23.8 Å². The van der Waals surface area contributed by atoms with Gasteiger partial charge in [-0.25, -0.2) is 0 Å². The van der Waals surface area contributed by atoms with Crippen molar-refractivity contribution in [3.05, 3.63) is 53.3 Å². The molecule has 0 aromatic heterocycles. The van der Waals surface area contributed by atoms with E-state index in [4.69, 9.17) is 15.9 Å². The van der Waals surface area contributed by atoms with Crippen LogP contribution < -0.4 is 9.47 Å². The standard InChI is InChI=1S/C24H27NO3/c1-6-8-20(9-7-2)25(23(26)18-11-12-18)16-19-13-10-17-14-15-24(3,4)28-22(17)21(19)27-5/h1,7-10,13-15,18H,11-12,16H2,2-5H3/b9-7-,20-8+. The second-order valence-electron chi connectivity index (χ2n) is 7.65. The Morgan fingerprint density at radius 2 is 2.18 bits per heavy atom. The highest BCUT2D eigenvalue weighted by Crippen LogP contribution is 2.42. The molecule has 0 unspecified atom stereocenters. The van der Waals surface area contributed by atoms with Crippen LogP contribution in [0.4, 0.5) is 0 Å². The molecule has 1 aromatic rings. The number of carbonyl (C=O) groups is 1. The van der Waals surface area contributed by atoms with E-state index < -0.39 is 5.60 Å². The third-order valence-electron chi connectivity index (χ3n) is 4.86. The molecule has 1 amide bonds. The first-order valence-electron chi connectivity index (χ1n) is 9.58. The van der Waals surface area contributed by atoms with E-state index in [1.165, 1.54) is 0 Å². The number of fused-ring (bicyclic) bond motifs is 1. The lowest BCUT2D eigenvalue weighted by molar-refractivity contribution is -0.130. The number of hydrogen-bond acceptors (Lipinski definition) is 3. The summed E-state index contributed by atoms with van der Waals surface area (Å²) in [5.74, 6) is 4.09. The summed E-state index contributed by atoms with van der Waals surface area (Å²) in [6.45, 7) is 6.28. The van der Waals surface area contributed by atoms with Gasteiger partial charge in [0.25, 0.3) is 0 Å². The summed E-state index contributed by atoms with van der Waals surface area (Å²) in [6.07, 6.45) is 16.8. The van der Waals surface area contributed by atoms with Gasteiger partial charge in [-0.15, -0.1) is 6.42 Å². The Labute approximate surface area is 167 Å². The predicted octanol–water partition coefficient (Wildman–Crippen LogP) is 4.71. The molecular formula is C24H27NO3. The van der Waals surface area contributed by atoms with Gasteiger partial charge < -0.3 is 14.4 Å². The van der Waals surface area contributed by atoms with Crippen molar-refractivity contribution < 1.29 is 14.3 Å². The van der Waals surface area contributed by atoms with Crippen molar-refractivity contribution in [1.82, 2.24) is 4.90 Å². The lowest BCUT2D eigenvalue weighted by atomic mass is 10.00. The molecule has 146 valence electrons. The van der Waals surface area contributed by atoms with Crippen molar-refractivity contribution in [3.63, 3.8) is 0 Å². The van der Waals surface area contributed by atoms with Crippen molar-refractivity contribution in [1.29, 1.82) is 0 Å². The third-order valence-corrected chi connectivity index (χ3v) is 4.86. The van der Waals surface area contributed by atoms with Gasteiger partial charge in [-0.1, -0.05) is 30.2 Å². The molecule has 1 aromatic carbocycles. The van der Waals surface area contributed by atoms with Crippen LogP contribution in [0.25, 0.3) is 6.08 Å². The Bertz CT molecular complexity index is 895. The number of carbonyl (C=O) groups excluding carboxylic acids is 1. The van der Waals surface area contributed by atoms with Crippen LogP contribution in [0.5, 0.6) is 11.5 Å². The van der Waals surface area contributed by atoms with E-state index in [1.807, 2.05) is 57.2 Å². The zero-order valence-corrected chi connectivity index (χ0v) is 17.0. The zero-order chi connectivity index (χ0) is 20.3. The maximum absolute atomic E-state index is 13.0. The highest BCUT2D eigenvalue weighted by Gasteiger charge is 2.35. The summed E-state index contributed by atoms with van der Waals surface area (Å²) in [4.78, 5) is 14.7. The van der Waals surface area contributed by atoms with Gasteiger partial charge in [0.1, 0.15) is 5.60 Å². The summed E-state index contributed by atoms with van der Waals surface area (Å²) < 4.78 is 11.9. The number of amides is 1. The second kappa shape index (κ2) is 7.98. The summed E-state index contributed by atoms with van der Waals surface area (Å²) in [5, 5.41) is 0. The van der Waals surface area contributed by atoms with E-state index in [0.29, 0.717) is 23.7 Å². The summed E-state index contributed by atoms with van der Waals surface area (Å²) >= 11 is 0. The van der Waals surface area contributed by atoms with E-state index in [9.17, 15) is 4.79 Å². The lowest BCUT2D eigenvalue weighted by Gasteiger charge is -2.31. The van der Waals surface area contributed by atoms with Crippen LogP contribution in [0.1, 0.15) is 44.7 Å². The fourth-order valence-electron chi connectivity index (χ4n) is 3.28. The first kappa shape index (κ1) is 19.8. The minimum atomic E-state index is -0.415. The van der Waals surface area contributed by atoms with Crippen molar-refractivity contribution in [2.24, 2.45) is 5.92 Å². The van der Waals surface area contributed by atoms with Crippen LogP contribution in [0.2, 0.25) is 0 Å². The van der Waals surface area contributed by atoms with Crippen molar-refractivity contribution >= 4 is 12.0 Å². The van der Waals surface area contributed by atoms with E-state index >= 15 is 0 Å². The van der Waals surface area contributed by atoms with E-state index in [1.54, 1.807) is 18.1 Å². The van der Waals surface area contributed by atoms with Crippen molar-refractivity contribution in [2.45, 2.75) is 45.8 Å². The van der Waals surface area contributed by atoms with Gasteiger partial charge in [-0.05, 0) is 45.8 Å². The molecule has 0 spiro atoms. The molecule has 2 aliphatic rings. The molecule has 28 heavy (non-hydrogen) atoms. The Morgan fingerprint density at radius 3 is 2.79 bits per heavy atom. The fraction of sp³-hybridized carbons (Fsp3) is 0.375. The van der Waals surface area contributed by atoms with E-state index in [0.717, 1.165) is 24.0 Å². The molecular weight excluding hydrogens is 350 g/mol. The Hall–Kier alpha value is -2.93. The molecule has 1 aliphatic carbocycles. The van der Waals surface area contributed by atoms with Gasteiger partial charge >= 0.3 is 0 Å². The van der Waals surface area contributed by atoms with Gasteiger partial charge in [0.05, 0.1) is 19.4 Å². The van der Waals surface area contributed by atoms with Gasteiger partial charge in [-0.2, -0.15) is 0 Å². The molecule has 0 bridgehead atoms. The Kier molecular flexibility index (Phi) is 5.65. The molecule has 0 saturated heterocycles. The number of benzene rings is 1. The average molecular weight is 377 g/mol. The molecule has 1 heterocycles. The fourth-order valence-corrected chi connectivity index (χ4v) is 3.28. The normalized spacial score (nSPS) is 17.6. The topological polar surface area (TPSA) is 38.8 Å². The Balaban J connectivity index is 2.02. The van der Waals surface area contributed by atoms with Crippen LogP contribution in [0, 0.1) is 18.3 Å². The summed E-state index contributed by atoms with van der Waals surface area (Å²) in [5.41, 5.74) is 2.14. The van der Waals surface area contributed by atoms with Crippen molar-refractivity contribution in [2.75, 3.05) is 7.11 Å². The average Bonchev–Trinajstić information content (AvgIpc) is 3.49. The Morgan fingerprint density at radius 1 is 1.43 bits per heavy atom. The number of rotatable bonds is 6. The molecule has 4 heteroatoms. The molecule has 0 radical (unpaired) electrons. The van der Waals surface area contributed by atoms with Gasteiger partial charge in [0.2, 0.25) is 5.91 Å². The molecule has 4 nitrogen and oxygen atoms in total. The molecule has 0 N–H and O–H groups in total. The van der Waals surface area contributed by atoms with Gasteiger partial charge in [0.15, 0.2) is 11.5 Å². The smallest absolute Gasteiger partial charge is 0.230 e. The number of allylic oxidation sites excluding steroid dienone is 3. The molecule has 0 atom stereocenters. The molecule has 1 aliphatic heterocycles. The number of nitrogens with zero attached hydrogens (tertiary/aromatic N) is 1. The SMILES string of the molecule is C#C/C=C(\C=C/C)N(Cc1ccc2c(c1OC)OC(C)(C)C=C2)C(=O)C1CC1. The first-order chi connectivity index (χ1) is 13.4. The quantitative estimate of drug-likeness (QED) is 0.532. The highest BCUT2D eigenvalue weighted by molar-refractivity contribution is 5.83. The molecule has 1 saturated carbocycles. The molecule has 1 fully saturated rings. The third kappa shape index (κ3) is 4.14. The largest absolute Gasteiger partial charge is 0.492 e. The van der Waals surface area contributed by atoms with Crippen LogP contribution in [-0.4, -0.2) is 23.5 Å². The van der Waals surface area contributed by atoms with Crippen LogP contribution >= 0.6 is 0 Å². The van der Waals surface area contributed by atoms with E-state index in [-0.39, 0.29) is 11.8 Å². The van der Waals surface area contributed by atoms with E-state index in [2.05, 4.69) is 5.92 Å². The monoisotopic (exact) mass is 377 g/mol. The first-order valence-corrected chi connectivity index (χ1v) is 9.58. The van der Waals surface area contributed by atoms with Gasteiger partial charge in [0, 0.05) is 23.1 Å². The second-order valence-corrected chi connectivity index (χ2v) is 7.65. The maximum Gasteiger partial charge on any atom is 0.230 e. The number of methoxy groups -OCH3 is 1. The highest BCUT2D eigenvalue weighted by atomic mass is 16.5. The minimum Gasteiger partial charge on any atom is -0.492 e. The van der Waals surface area contributed by atoms with Gasteiger partial charge in [-0.3, -0.25) is 4.79 Å². The van der Waals surface area contributed by atoms with Crippen LogP contribution in [0.3, 0.4) is 0 Å². The number of ether oxygens (including phenoxy) is 2. The lowest BCUT2D eigenvalue weighted by Crippen LogP contribution is -2.31.